The molecule has 0 aliphatic carbocycles. The van der Waals surface area contributed by atoms with Gasteiger partial charge in [-0.25, -0.2) is 15.0 Å². The minimum absolute atomic E-state index is 0.145. The SMILES string of the molecule is CCn1nc(C)c(C(=O)NCc2cc3cc(Cl)cc(Cn4cnc5c(N)ncnc54)c3[nH]2)c1C. The minimum Gasteiger partial charge on any atom is -0.382 e. The Labute approximate surface area is 200 Å². The summed E-state index contributed by atoms with van der Waals surface area (Å²) >= 11 is 6.41. The van der Waals surface area contributed by atoms with Crippen LogP contribution in [0, 0.1) is 13.8 Å². The highest BCUT2D eigenvalue weighted by molar-refractivity contribution is 6.31. The second kappa shape index (κ2) is 8.45. The molecule has 10 nitrogen and oxygen atoms in total. The second-order valence-electron chi connectivity index (χ2n) is 8.17. The molecule has 0 bridgehead atoms. The Morgan fingerprint density at radius 1 is 1.21 bits per heavy atom. The van der Waals surface area contributed by atoms with Crippen LogP contribution in [0.15, 0.2) is 30.9 Å². The number of anilines is 1. The van der Waals surface area contributed by atoms with Gasteiger partial charge in [-0.2, -0.15) is 5.10 Å². The lowest BCUT2D eigenvalue weighted by Crippen LogP contribution is -2.24. The molecule has 1 amide bonds. The number of nitrogens with one attached hydrogen (secondary N) is 2. The number of hydrogen-bond acceptors (Lipinski definition) is 6. The molecule has 0 unspecified atom stereocenters. The molecule has 0 radical (unpaired) electrons. The topological polar surface area (TPSA) is 132 Å². The fraction of sp³-hybridized carbons (Fsp3) is 0.261. The molecule has 0 spiro atoms. The maximum Gasteiger partial charge on any atom is 0.255 e. The summed E-state index contributed by atoms with van der Waals surface area (Å²) < 4.78 is 3.73. The molecule has 0 aliphatic rings. The molecule has 34 heavy (non-hydrogen) atoms. The maximum atomic E-state index is 12.9. The average molecular weight is 478 g/mol. The lowest BCUT2D eigenvalue weighted by Gasteiger charge is -2.07. The molecule has 5 aromatic rings. The number of halogens is 1. The van der Waals surface area contributed by atoms with E-state index in [9.17, 15) is 4.79 Å². The van der Waals surface area contributed by atoms with Gasteiger partial charge in [-0.05, 0) is 44.5 Å². The molecule has 4 aromatic heterocycles. The van der Waals surface area contributed by atoms with Gasteiger partial charge >= 0.3 is 0 Å². The van der Waals surface area contributed by atoms with Crippen LogP contribution >= 0.6 is 11.6 Å². The third-order valence-corrected chi connectivity index (χ3v) is 6.17. The Kier molecular flexibility index (Phi) is 5.45. The van der Waals surface area contributed by atoms with E-state index in [1.54, 1.807) is 6.33 Å². The predicted octanol–water partition coefficient (Wildman–Crippen LogP) is 3.35. The van der Waals surface area contributed by atoms with Crippen LogP contribution in [0.2, 0.25) is 5.02 Å². The van der Waals surface area contributed by atoms with Crippen LogP contribution in [0.1, 0.15) is 39.9 Å². The van der Waals surface area contributed by atoms with Gasteiger partial charge in [-0.1, -0.05) is 11.6 Å². The number of nitrogens with zero attached hydrogens (tertiary/aromatic N) is 6. The molecular weight excluding hydrogens is 454 g/mol. The highest BCUT2D eigenvalue weighted by Gasteiger charge is 2.18. The van der Waals surface area contributed by atoms with Gasteiger partial charge in [0, 0.05) is 28.3 Å². The maximum absolute atomic E-state index is 12.9. The second-order valence-corrected chi connectivity index (χ2v) is 8.61. The lowest BCUT2D eigenvalue weighted by molar-refractivity contribution is 0.0949. The van der Waals surface area contributed by atoms with Crippen molar-refractivity contribution >= 4 is 45.4 Å². The third kappa shape index (κ3) is 3.75. The number of aromatic amines is 1. The van der Waals surface area contributed by atoms with E-state index in [4.69, 9.17) is 17.3 Å². The van der Waals surface area contributed by atoms with Crippen molar-refractivity contribution in [2.24, 2.45) is 0 Å². The van der Waals surface area contributed by atoms with Gasteiger partial charge in [0.25, 0.3) is 5.91 Å². The molecule has 0 saturated carbocycles. The summed E-state index contributed by atoms with van der Waals surface area (Å²) in [6, 6.07) is 5.80. The normalized spacial score (nSPS) is 11.5. The number of aryl methyl sites for hydroxylation is 2. The number of H-pyrrole nitrogens is 1. The van der Waals surface area contributed by atoms with E-state index in [1.807, 2.05) is 48.2 Å². The van der Waals surface area contributed by atoms with Gasteiger partial charge in [0.2, 0.25) is 0 Å². The summed E-state index contributed by atoms with van der Waals surface area (Å²) in [4.78, 5) is 28.9. The van der Waals surface area contributed by atoms with E-state index in [2.05, 4.69) is 30.4 Å². The van der Waals surface area contributed by atoms with Crippen molar-refractivity contribution in [3.05, 3.63) is 64.1 Å². The van der Waals surface area contributed by atoms with E-state index in [0.717, 1.165) is 40.1 Å². The van der Waals surface area contributed by atoms with Crippen LogP contribution in [0.25, 0.3) is 22.1 Å². The number of nitrogens with two attached hydrogens (primary N) is 1. The largest absolute Gasteiger partial charge is 0.382 e. The first-order chi connectivity index (χ1) is 16.4. The Morgan fingerprint density at radius 3 is 2.79 bits per heavy atom. The average Bonchev–Trinajstić information content (AvgIpc) is 3.48. The zero-order valence-corrected chi connectivity index (χ0v) is 19.8. The Hall–Kier alpha value is -3.92. The van der Waals surface area contributed by atoms with Crippen LogP contribution in [0.5, 0.6) is 0 Å². The van der Waals surface area contributed by atoms with Gasteiger partial charge in [-0.15, -0.1) is 0 Å². The van der Waals surface area contributed by atoms with Crippen LogP contribution in [0.3, 0.4) is 0 Å². The number of nitrogen functional groups attached to an aromatic ring is 1. The van der Waals surface area contributed by atoms with Gasteiger partial charge < -0.3 is 20.6 Å². The number of hydrogen-bond donors (Lipinski definition) is 3. The number of carbonyl (C=O) groups excluding carboxylic acids is 1. The quantitative estimate of drug-likeness (QED) is 0.343. The van der Waals surface area contributed by atoms with E-state index >= 15 is 0 Å². The van der Waals surface area contributed by atoms with Crippen molar-refractivity contribution in [3.8, 4) is 0 Å². The van der Waals surface area contributed by atoms with Crippen molar-refractivity contribution in [3.63, 3.8) is 0 Å². The molecule has 11 heteroatoms. The van der Waals surface area contributed by atoms with E-state index in [1.165, 1.54) is 6.33 Å². The predicted molar refractivity (Wildman–Crippen MR) is 131 cm³/mol. The lowest BCUT2D eigenvalue weighted by atomic mass is 10.1. The van der Waals surface area contributed by atoms with Crippen molar-refractivity contribution < 1.29 is 4.79 Å². The summed E-state index contributed by atoms with van der Waals surface area (Å²) in [5.41, 5.74) is 12.1. The highest BCUT2D eigenvalue weighted by atomic mass is 35.5. The molecule has 4 N–H and O–H groups in total. The first kappa shape index (κ1) is 21.9. The van der Waals surface area contributed by atoms with Crippen LogP contribution < -0.4 is 11.1 Å². The summed E-state index contributed by atoms with van der Waals surface area (Å²) in [6.45, 7) is 7.32. The van der Waals surface area contributed by atoms with Gasteiger partial charge in [0.15, 0.2) is 11.5 Å². The molecule has 4 heterocycles. The Bertz CT molecular complexity index is 1550. The molecule has 5 rings (SSSR count). The first-order valence-corrected chi connectivity index (χ1v) is 11.3. The number of aromatic nitrogens is 7. The third-order valence-electron chi connectivity index (χ3n) is 5.95. The number of rotatable bonds is 6. The van der Waals surface area contributed by atoms with E-state index in [-0.39, 0.29) is 5.91 Å². The molecule has 174 valence electrons. The van der Waals surface area contributed by atoms with Crippen molar-refractivity contribution in [2.45, 2.75) is 40.4 Å². The summed E-state index contributed by atoms with van der Waals surface area (Å²) in [7, 11) is 0. The van der Waals surface area contributed by atoms with Gasteiger partial charge in [0.05, 0.1) is 36.2 Å². The molecular formula is C23H24ClN9O. The Balaban J connectivity index is 1.41. The van der Waals surface area contributed by atoms with Crippen LogP contribution in [-0.2, 0) is 19.6 Å². The number of carbonyl (C=O) groups is 1. The first-order valence-electron chi connectivity index (χ1n) is 10.9. The molecule has 0 saturated heterocycles. The molecule has 0 aliphatic heterocycles. The van der Waals surface area contributed by atoms with Crippen LogP contribution in [0.4, 0.5) is 5.82 Å². The Morgan fingerprint density at radius 2 is 2.03 bits per heavy atom. The summed E-state index contributed by atoms with van der Waals surface area (Å²) in [6.07, 6.45) is 3.11. The van der Waals surface area contributed by atoms with E-state index in [0.29, 0.717) is 40.7 Å². The smallest absolute Gasteiger partial charge is 0.255 e. The van der Waals surface area contributed by atoms with Gasteiger partial charge in [-0.3, -0.25) is 9.48 Å². The zero-order chi connectivity index (χ0) is 24.0. The minimum atomic E-state index is -0.145. The fourth-order valence-corrected chi connectivity index (χ4v) is 4.60. The zero-order valence-electron chi connectivity index (χ0n) is 19.1. The monoisotopic (exact) mass is 477 g/mol. The van der Waals surface area contributed by atoms with Gasteiger partial charge in [0.1, 0.15) is 11.8 Å². The number of amides is 1. The highest BCUT2D eigenvalue weighted by Crippen LogP contribution is 2.27. The number of fused-ring (bicyclic) bond motifs is 2. The van der Waals surface area contributed by atoms with Crippen molar-refractivity contribution in [2.75, 3.05) is 5.73 Å². The van der Waals surface area contributed by atoms with E-state index < -0.39 is 0 Å². The standard InChI is InChI=1S/C23H24ClN9O/c1-4-33-13(3)18(12(2)31-33)23(34)26-8-17-7-14-5-16(24)6-15(19(14)30-17)9-32-11-29-20-21(25)27-10-28-22(20)32/h5-7,10-11,30H,4,8-9H2,1-3H3,(H,26,34)(H2,25,27,28). The van der Waals surface area contributed by atoms with Crippen molar-refractivity contribution in [1.29, 1.82) is 0 Å². The van der Waals surface area contributed by atoms with Crippen molar-refractivity contribution in [1.82, 2.24) is 39.6 Å². The summed E-state index contributed by atoms with van der Waals surface area (Å²) in [5, 5.41) is 9.01. The summed E-state index contributed by atoms with van der Waals surface area (Å²) in [5.74, 6) is 0.196. The molecule has 1 aromatic carbocycles. The number of benzene rings is 1. The van der Waals surface area contributed by atoms with Crippen LogP contribution in [-0.4, -0.2) is 40.2 Å². The number of imidazole rings is 1. The molecule has 0 fully saturated rings. The molecule has 0 atom stereocenters. The fourth-order valence-electron chi connectivity index (χ4n) is 4.35.